The summed E-state index contributed by atoms with van der Waals surface area (Å²) in [5.41, 5.74) is 15.1. The standard InChI is InChI=1S/C54H37N3/c1-4-16-38(17-5-1)40-20-14-23-44(36-40)55(42-30-32-43(33-31-42)56-50-27-12-10-24-47(50)48-25-11-13-28-51(48)56)45-34-35-52-49(37-45)54-46(39-18-6-2-7-19-39)26-15-29-53(54)57(52)41-21-8-3-9-22-41/h1-37H. The van der Waals surface area contributed by atoms with E-state index in [1.54, 1.807) is 0 Å². The van der Waals surface area contributed by atoms with Crippen LogP contribution in [0.5, 0.6) is 0 Å². The van der Waals surface area contributed by atoms with E-state index < -0.39 is 0 Å². The van der Waals surface area contributed by atoms with Gasteiger partial charge in [0, 0.05) is 50.0 Å². The maximum Gasteiger partial charge on any atom is 0.0547 e. The summed E-state index contributed by atoms with van der Waals surface area (Å²) in [7, 11) is 0. The van der Waals surface area contributed by atoms with E-state index in [1.165, 1.54) is 65.9 Å². The molecule has 0 N–H and O–H groups in total. The lowest BCUT2D eigenvalue weighted by Gasteiger charge is -2.26. The quantitative estimate of drug-likeness (QED) is 0.159. The van der Waals surface area contributed by atoms with Crippen LogP contribution in [-0.4, -0.2) is 9.13 Å². The summed E-state index contributed by atoms with van der Waals surface area (Å²) < 4.78 is 4.78. The van der Waals surface area contributed by atoms with Crippen LogP contribution in [0.25, 0.3) is 77.2 Å². The van der Waals surface area contributed by atoms with Crippen LogP contribution in [0, 0.1) is 0 Å². The minimum Gasteiger partial charge on any atom is -0.310 e. The van der Waals surface area contributed by atoms with Gasteiger partial charge in [0.05, 0.1) is 22.1 Å². The van der Waals surface area contributed by atoms with Crippen molar-refractivity contribution in [3.8, 4) is 33.6 Å². The SMILES string of the molecule is c1ccc(-c2cccc(N(c3ccc(-n4c5ccccc5c5ccccc54)cc3)c3ccc4c(c3)c3c(-c5ccccc5)cccc3n4-c3ccccc3)c2)cc1. The van der Waals surface area contributed by atoms with Gasteiger partial charge in [-0.15, -0.1) is 0 Å². The molecule has 0 fully saturated rings. The van der Waals surface area contributed by atoms with Crippen molar-refractivity contribution in [2.24, 2.45) is 0 Å². The number of nitrogens with zero attached hydrogens (tertiary/aromatic N) is 3. The van der Waals surface area contributed by atoms with E-state index in [2.05, 4.69) is 238 Å². The molecule has 57 heavy (non-hydrogen) atoms. The molecule has 0 saturated heterocycles. The second-order valence-corrected chi connectivity index (χ2v) is 14.6. The zero-order valence-corrected chi connectivity index (χ0v) is 31.2. The summed E-state index contributed by atoms with van der Waals surface area (Å²) in [5.74, 6) is 0. The van der Waals surface area contributed by atoms with E-state index in [0.29, 0.717) is 0 Å². The zero-order chi connectivity index (χ0) is 37.7. The average Bonchev–Trinajstić information content (AvgIpc) is 3.81. The molecule has 11 aromatic rings. The molecule has 0 radical (unpaired) electrons. The van der Waals surface area contributed by atoms with E-state index in [4.69, 9.17) is 0 Å². The second kappa shape index (κ2) is 13.6. The lowest BCUT2D eigenvalue weighted by atomic mass is 9.99. The lowest BCUT2D eigenvalue weighted by Crippen LogP contribution is -2.10. The van der Waals surface area contributed by atoms with Crippen LogP contribution in [0.4, 0.5) is 17.1 Å². The van der Waals surface area contributed by atoms with E-state index in [-0.39, 0.29) is 0 Å². The fourth-order valence-corrected chi connectivity index (χ4v) is 8.77. The first-order chi connectivity index (χ1) is 28.3. The Morgan fingerprint density at radius 3 is 1.47 bits per heavy atom. The third-order valence-electron chi connectivity index (χ3n) is 11.3. The van der Waals surface area contributed by atoms with Gasteiger partial charge >= 0.3 is 0 Å². The summed E-state index contributed by atoms with van der Waals surface area (Å²) in [4.78, 5) is 2.40. The third kappa shape index (κ3) is 5.51. The van der Waals surface area contributed by atoms with Crippen LogP contribution in [0.15, 0.2) is 224 Å². The molecule has 0 aliphatic heterocycles. The van der Waals surface area contributed by atoms with Gasteiger partial charge in [0.15, 0.2) is 0 Å². The lowest BCUT2D eigenvalue weighted by molar-refractivity contribution is 1.17. The summed E-state index contributed by atoms with van der Waals surface area (Å²) in [6, 6.07) is 81.1. The maximum atomic E-state index is 2.40. The number of aromatic nitrogens is 2. The minimum absolute atomic E-state index is 1.08. The molecule has 3 heteroatoms. The van der Waals surface area contributed by atoms with Gasteiger partial charge in [-0.1, -0.05) is 140 Å². The van der Waals surface area contributed by atoms with E-state index in [1.807, 2.05) is 0 Å². The predicted octanol–water partition coefficient (Wildman–Crippen LogP) is 14.7. The zero-order valence-electron chi connectivity index (χ0n) is 31.2. The van der Waals surface area contributed by atoms with Gasteiger partial charge in [-0.25, -0.2) is 0 Å². The molecular weight excluding hydrogens is 691 g/mol. The molecule has 3 nitrogen and oxygen atoms in total. The van der Waals surface area contributed by atoms with Gasteiger partial charge in [-0.3, -0.25) is 0 Å². The number of anilines is 3. The predicted molar refractivity (Wildman–Crippen MR) is 241 cm³/mol. The van der Waals surface area contributed by atoms with Gasteiger partial charge in [0.2, 0.25) is 0 Å². The molecule has 0 atom stereocenters. The molecule has 0 saturated carbocycles. The van der Waals surface area contributed by atoms with Crippen molar-refractivity contribution in [2.45, 2.75) is 0 Å². The van der Waals surface area contributed by atoms with E-state index in [9.17, 15) is 0 Å². The Morgan fingerprint density at radius 1 is 0.281 bits per heavy atom. The first-order valence-electron chi connectivity index (χ1n) is 19.5. The molecule has 0 aliphatic rings. The van der Waals surface area contributed by atoms with E-state index >= 15 is 0 Å². The summed E-state index contributed by atoms with van der Waals surface area (Å²) in [6.07, 6.45) is 0. The minimum atomic E-state index is 1.08. The molecule has 11 rings (SSSR count). The van der Waals surface area contributed by atoms with Crippen molar-refractivity contribution in [2.75, 3.05) is 4.90 Å². The fraction of sp³-hybridized carbons (Fsp3) is 0. The normalized spacial score (nSPS) is 11.5. The van der Waals surface area contributed by atoms with Crippen LogP contribution in [0.3, 0.4) is 0 Å². The Morgan fingerprint density at radius 2 is 0.772 bits per heavy atom. The van der Waals surface area contributed by atoms with Gasteiger partial charge < -0.3 is 14.0 Å². The van der Waals surface area contributed by atoms with Crippen molar-refractivity contribution in [1.29, 1.82) is 0 Å². The van der Waals surface area contributed by atoms with E-state index in [0.717, 1.165) is 28.4 Å². The second-order valence-electron chi connectivity index (χ2n) is 14.6. The Balaban J connectivity index is 1.14. The summed E-state index contributed by atoms with van der Waals surface area (Å²) in [6.45, 7) is 0. The van der Waals surface area contributed by atoms with Crippen molar-refractivity contribution in [3.05, 3.63) is 224 Å². The first-order valence-corrected chi connectivity index (χ1v) is 19.5. The molecular formula is C54H37N3. The molecule has 9 aromatic carbocycles. The average molecular weight is 728 g/mol. The van der Waals surface area contributed by atoms with Crippen LogP contribution < -0.4 is 4.90 Å². The highest BCUT2D eigenvalue weighted by Gasteiger charge is 2.20. The van der Waals surface area contributed by atoms with Crippen LogP contribution in [0.1, 0.15) is 0 Å². The molecule has 268 valence electrons. The van der Waals surface area contributed by atoms with Gasteiger partial charge in [0.25, 0.3) is 0 Å². The van der Waals surface area contributed by atoms with Crippen molar-refractivity contribution in [3.63, 3.8) is 0 Å². The largest absolute Gasteiger partial charge is 0.310 e. The van der Waals surface area contributed by atoms with Gasteiger partial charge in [0.1, 0.15) is 0 Å². The first kappa shape index (κ1) is 32.8. The topological polar surface area (TPSA) is 13.1 Å². The highest BCUT2D eigenvalue weighted by Crippen LogP contribution is 2.43. The summed E-state index contributed by atoms with van der Waals surface area (Å²) in [5, 5.41) is 4.96. The Kier molecular flexibility index (Phi) is 7.82. The molecule has 2 aromatic heterocycles. The molecule has 2 heterocycles. The number of para-hydroxylation sites is 3. The summed E-state index contributed by atoms with van der Waals surface area (Å²) >= 11 is 0. The number of benzene rings is 9. The Hall–Kier alpha value is -7.62. The fourth-order valence-electron chi connectivity index (χ4n) is 8.77. The molecule has 0 aliphatic carbocycles. The highest BCUT2D eigenvalue weighted by atomic mass is 15.1. The van der Waals surface area contributed by atoms with Crippen molar-refractivity contribution < 1.29 is 0 Å². The molecule has 0 unspecified atom stereocenters. The Labute approximate surface area is 331 Å². The number of hydrogen-bond acceptors (Lipinski definition) is 1. The van der Waals surface area contributed by atoms with Gasteiger partial charge in [-0.05, 0) is 107 Å². The highest BCUT2D eigenvalue weighted by molar-refractivity contribution is 6.17. The van der Waals surface area contributed by atoms with Crippen LogP contribution in [-0.2, 0) is 0 Å². The maximum absolute atomic E-state index is 2.40. The van der Waals surface area contributed by atoms with Crippen LogP contribution >= 0.6 is 0 Å². The Bertz CT molecular complexity index is 3160. The molecule has 0 spiro atoms. The number of fused-ring (bicyclic) bond motifs is 6. The van der Waals surface area contributed by atoms with Crippen molar-refractivity contribution >= 4 is 60.7 Å². The third-order valence-corrected chi connectivity index (χ3v) is 11.3. The number of rotatable bonds is 7. The monoisotopic (exact) mass is 727 g/mol. The molecule has 0 amide bonds. The number of hydrogen-bond donors (Lipinski definition) is 0. The van der Waals surface area contributed by atoms with Gasteiger partial charge in [-0.2, -0.15) is 0 Å². The van der Waals surface area contributed by atoms with Crippen LogP contribution in [0.2, 0.25) is 0 Å². The molecule has 0 bridgehead atoms. The van der Waals surface area contributed by atoms with Crippen molar-refractivity contribution in [1.82, 2.24) is 9.13 Å². The smallest absolute Gasteiger partial charge is 0.0547 e.